The number of carbonyl (C=O) groups excluding carboxylic acids is 1. The largest absolute Gasteiger partial charge is 0.492 e. The lowest BCUT2D eigenvalue weighted by Gasteiger charge is -2.20. The highest BCUT2D eigenvalue weighted by Gasteiger charge is 2.16. The topological polar surface area (TPSA) is 74.2 Å². The average molecular weight is 408 g/mol. The van der Waals surface area contributed by atoms with E-state index in [0.29, 0.717) is 29.6 Å². The van der Waals surface area contributed by atoms with Crippen molar-refractivity contribution in [1.82, 2.24) is 10.3 Å². The van der Waals surface area contributed by atoms with E-state index in [1.54, 1.807) is 24.3 Å². The summed E-state index contributed by atoms with van der Waals surface area (Å²) in [4.78, 5) is 17.2. The van der Waals surface area contributed by atoms with E-state index in [0.717, 1.165) is 22.9 Å². The maximum Gasteiger partial charge on any atom is 0.251 e. The van der Waals surface area contributed by atoms with Crippen molar-refractivity contribution < 1.29 is 9.90 Å². The van der Waals surface area contributed by atoms with Gasteiger partial charge in [0.1, 0.15) is 0 Å². The number of hydrogen-bond donors (Lipinski definition) is 3. The number of thiazole rings is 1. The van der Waals surface area contributed by atoms with E-state index in [-0.39, 0.29) is 11.8 Å². The smallest absolute Gasteiger partial charge is 0.251 e. The number of halogens is 1. The number of aromatic hydroxyl groups is 1. The van der Waals surface area contributed by atoms with Crippen molar-refractivity contribution in [2.75, 3.05) is 11.9 Å². The first kappa shape index (κ1) is 20.0. The van der Waals surface area contributed by atoms with Gasteiger partial charge in [-0.2, -0.15) is 4.98 Å². The minimum Gasteiger partial charge on any atom is -0.492 e. The molecule has 3 rings (SSSR count). The third kappa shape index (κ3) is 6.11. The van der Waals surface area contributed by atoms with Gasteiger partial charge in [-0.1, -0.05) is 55.0 Å². The lowest BCUT2D eigenvalue weighted by Crippen LogP contribution is -2.25. The van der Waals surface area contributed by atoms with Crippen LogP contribution in [0.2, 0.25) is 5.02 Å². The number of hydrogen-bond acceptors (Lipinski definition) is 5. The van der Waals surface area contributed by atoms with E-state index in [2.05, 4.69) is 15.6 Å². The number of rotatable bonds is 6. The van der Waals surface area contributed by atoms with Gasteiger partial charge in [0, 0.05) is 29.6 Å². The Labute approximate surface area is 169 Å². The van der Waals surface area contributed by atoms with Crippen LogP contribution in [0, 0.1) is 0 Å². The molecule has 1 fully saturated rings. The first-order chi connectivity index (χ1) is 13.1. The fraction of sp³-hybridized carbons (Fsp3) is 0.500. The van der Waals surface area contributed by atoms with Gasteiger partial charge in [0.2, 0.25) is 5.88 Å². The molecule has 146 valence electrons. The van der Waals surface area contributed by atoms with E-state index in [9.17, 15) is 9.90 Å². The zero-order valence-electron chi connectivity index (χ0n) is 15.3. The van der Waals surface area contributed by atoms with E-state index in [4.69, 9.17) is 11.6 Å². The molecule has 1 saturated carbocycles. The Morgan fingerprint density at radius 1 is 1.15 bits per heavy atom. The Balaban J connectivity index is 1.49. The predicted molar refractivity (Wildman–Crippen MR) is 111 cm³/mol. The molecule has 1 aliphatic carbocycles. The second kappa shape index (κ2) is 9.95. The van der Waals surface area contributed by atoms with E-state index in [1.807, 2.05) is 0 Å². The molecule has 5 nitrogen and oxygen atoms in total. The van der Waals surface area contributed by atoms with Gasteiger partial charge >= 0.3 is 0 Å². The maximum absolute atomic E-state index is 12.1. The zero-order chi connectivity index (χ0) is 19.1. The molecule has 27 heavy (non-hydrogen) atoms. The molecule has 7 heteroatoms. The summed E-state index contributed by atoms with van der Waals surface area (Å²) in [6.07, 6.45) is 9.32. The number of aromatic nitrogens is 1. The molecule has 1 amide bonds. The minimum absolute atomic E-state index is 0.0640. The van der Waals surface area contributed by atoms with Crippen LogP contribution in [0.15, 0.2) is 24.3 Å². The van der Waals surface area contributed by atoms with Crippen LogP contribution >= 0.6 is 22.9 Å². The first-order valence-electron chi connectivity index (χ1n) is 9.61. The summed E-state index contributed by atoms with van der Waals surface area (Å²) in [5.41, 5.74) is 0.569. The molecule has 0 spiro atoms. The quantitative estimate of drug-likeness (QED) is 0.629. The molecule has 0 radical (unpaired) electrons. The van der Waals surface area contributed by atoms with Crippen molar-refractivity contribution in [3.8, 4) is 5.88 Å². The zero-order valence-corrected chi connectivity index (χ0v) is 16.9. The van der Waals surface area contributed by atoms with Gasteiger partial charge in [-0.3, -0.25) is 4.79 Å². The molecule has 0 aliphatic heterocycles. The Morgan fingerprint density at radius 3 is 2.52 bits per heavy atom. The summed E-state index contributed by atoms with van der Waals surface area (Å²) in [5.74, 6) is -0.0855. The van der Waals surface area contributed by atoms with Crippen molar-refractivity contribution in [2.24, 2.45) is 0 Å². The fourth-order valence-corrected chi connectivity index (χ4v) is 4.39. The molecule has 1 aromatic carbocycles. The highest BCUT2D eigenvalue weighted by atomic mass is 35.5. The van der Waals surface area contributed by atoms with Gasteiger partial charge in [-0.15, -0.1) is 0 Å². The Morgan fingerprint density at radius 2 is 1.81 bits per heavy atom. The highest BCUT2D eigenvalue weighted by Crippen LogP contribution is 2.30. The maximum atomic E-state index is 12.1. The Hall–Kier alpha value is -1.79. The number of nitrogens with zero attached hydrogens (tertiary/aromatic N) is 1. The summed E-state index contributed by atoms with van der Waals surface area (Å²) in [7, 11) is 0. The van der Waals surface area contributed by atoms with E-state index in [1.165, 1.54) is 43.4 Å². The van der Waals surface area contributed by atoms with Crippen LogP contribution in [0.5, 0.6) is 5.88 Å². The van der Waals surface area contributed by atoms with Crippen LogP contribution in [0.3, 0.4) is 0 Å². The second-order valence-electron chi connectivity index (χ2n) is 6.96. The van der Waals surface area contributed by atoms with Gasteiger partial charge in [0.25, 0.3) is 5.91 Å². The van der Waals surface area contributed by atoms with Crippen molar-refractivity contribution >= 4 is 34.0 Å². The molecular formula is C20H26ClN3O2S. The van der Waals surface area contributed by atoms with Crippen LogP contribution in [-0.4, -0.2) is 28.6 Å². The van der Waals surface area contributed by atoms with Crippen molar-refractivity contribution in [3.63, 3.8) is 0 Å². The summed E-state index contributed by atoms with van der Waals surface area (Å²) in [6, 6.07) is 7.21. The van der Waals surface area contributed by atoms with Crippen molar-refractivity contribution in [3.05, 3.63) is 39.7 Å². The van der Waals surface area contributed by atoms with Crippen LogP contribution in [0.1, 0.15) is 60.2 Å². The SMILES string of the molecule is O=C(NCCc1sc(NC2CCCCCCC2)nc1O)c1ccc(Cl)cc1. The van der Waals surface area contributed by atoms with E-state index >= 15 is 0 Å². The third-order valence-corrected chi connectivity index (χ3v) is 6.14. The lowest BCUT2D eigenvalue weighted by molar-refractivity contribution is 0.0954. The molecule has 1 aromatic heterocycles. The van der Waals surface area contributed by atoms with Gasteiger partial charge < -0.3 is 15.7 Å². The molecule has 0 unspecified atom stereocenters. The fourth-order valence-electron chi connectivity index (χ4n) is 3.34. The first-order valence-corrected chi connectivity index (χ1v) is 10.8. The minimum atomic E-state index is -0.149. The summed E-state index contributed by atoms with van der Waals surface area (Å²) < 4.78 is 0. The Kier molecular flexibility index (Phi) is 7.35. The lowest BCUT2D eigenvalue weighted by atomic mass is 9.97. The number of benzene rings is 1. The van der Waals surface area contributed by atoms with Gasteiger partial charge in [-0.05, 0) is 37.1 Å². The van der Waals surface area contributed by atoms with Crippen LogP contribution in [0.25, 0.3) is 0 Å². The molecule has 1 aliphatic rings. The number of nitrogens with one attached hydrogen (secondary N) is 2. The van der Waals surface area contributed by atoms with Crippen LogP contribution in [-0.2, 0) is 6.42 Å². The predicted octanol–water partition coefficient (Wildman–Crippen LogP) is 5.00. The Bertz CT molecular complexity index is 740. The van der Waals surface area contributed by atoms with Crippen LogP contribution < -0.4 is 10.6 Å². The molecule has 0 bridgehead atoms. The number of anilines is 1. The molecule has 3 N–H and O–H groups in total. The standard InChI is InChI=1S/C20H26ClN3O2S/c21-15-10-8-14(9-11-15)18(25)22-13-12-17-19(26)24-20(27-17)23-16-6-4-2-1-3-5-7-16/h8-11,16,26H,1-7,12-13H2,(H,22,25)(H,23,24). The molecular weight excluding hydrogens is 382 g/mol. The average Bonchev–Trinajstić information content (AvgIpc) is 2.97. The monoisotopic (exact) mass is 407 g/mol. The molecule has 1 heterocycles. The van der Waals surface area contributed by atoms with Gasteiger partial charge in [0.05, 0.1) is 4.88 Å². The van der Waals surface area contributed by atoms with Crippen molar-refractivity contribution in [2.45, 2.75) is 57.4 Å². The van der Waals surface area contributed by atoms with Crippen molar-refractivity contribution in [1.29, 1.82) is 0 Å². The molecule has 0 saturated heterocycles. The van der Waals surface area contributed by atoms with Gasteiger partial charge in [0.15, 0.2) is 5.13 Å². The van der Waals surface area contributed by atoms with E-state index < -0.39 is 0 Å². The molecule has 2 aromatic rings. The number of amides is 1. The second-order valence-corrected chi connectivity index (χ2v) is 8.49. The number of carbonyl (C=O) groups is 1. The molecule has 0 atom stereocenters. The summed E-state index contributed by atoms with van der Waals surface area (Å²) in [6.45, 7) is 0.445. The van der Waals surface area contributed by atoms with Gasteiger partial charge in [-0.25, -0.2) is 0 Å². The summed E-state index contributed by atoms with van der Waals surface area (Å²) in [5, 5.41) is 17.8. The highest BCUT2D eigenvalue weighted by molar-refractivity contribution is 7.15. The third-order valence-electron chi connectivity index (χ3n) is 4.85. The van der Waals surface area contributed by atoms with Crippen LogP contribution in [0.4, 0.5) is 5.13 Å². The summed E-state index contributed by atoms with van der Waals surface area (Å²) >= 11 is 7.31. The normalized spacial score (nSPS) is 15.7.